The van der Waals surface area contributed by atoms with Gasteiger partial charge in [0, 0.05) is 24.7 Å². The van der Waals surface area contributed by atoms with Crippen molar-refractivity contribution in [3.8, 4) is 0 Å². The van der Waals surface area contributed by atoms with Crippen LogP contribution >= 0.6 is 0 Å². The first kappa shape index (κ1) is 45.3. The van der Waals surface area contributed by atoms with Gasteiger partial charge in [0.1, 0.15) is 0 Å². The maximum Gasteiger partial charge on any atom is 0.338 e. The van der Waals surface area contributed by atoms with Crippen molar-refractivity contribution in [3.63, 3.8) is 0 Å². The normalized spacial score (nSPS) is 10.2. The average molecular weight is 748 g/mol. The molecule has 1 amide bonds. The summed E-state index contributed by atoms with van der Waals surface area (Å²) >= 11 is 0. The van der Waals surface area contributed by atoms with E-state index in [0.29, 0.717) is 17.7 Å². The van der Waals surface area contributed by atoms with E-state index < -0.39 is 47.7 Å². The molecule has 0 heterocycles. The van der Waals surface area contributed by atoms with Crippen LogP contribution in [0.15, 0.2) is 54.6 Å². The van der Waals surface area contributed by atoms with Gasteiger partial charge >= 0.3 is 29.8 Å². The van der Waals surface area contributed by atoms with Gasteiger partial charge in [-0.15, -0.1) is 0 Å². The van der Waals surface area contributed by atoms with E-state index in [1.807, 2.05) is 6.92 Å². The van der Waals surface area contributed by atoms with Gasteiger partial charge in [0.15, 0.2) is 0 Å². The summed E-state index contributed by atoms with van der Waals surface area (Å²) in [5, 5.41) is 35.7. The molecule has 0 aliphatic rings. The van der Waals surface area contributed by atoms with Crippen LogP contribution in [0.3, 0.4) is 0 Å². The maximum absolute atomic E-state index is 12.7. The third kappa shape index (κ3) is 14.8. The molecule has 53 heavy (non-hydrogen) atoms. The molecule has 3 aromatic rings. The first-order valence-electron chi connectivity index (χ1n) is 16.2. The third-order valence-corrected chi connectivity index (χ3v) is 6.74. The molecule has 0 spiro atoms. The highest BCUT2D eigenvalue weighted by Crippen LogP contribution is 2.23. The minimum atomic E-state index is -2.82. The van der Waals surface area contributed by atoms with Crippen LogP contribution in [0, 0.1) is 0 Å². The molecule has 4 N–H and O–H groups in total. The zero-order valence-corrected chi connectivity index (χ0v) is 29.9. The van der Waals surface area contributed by atoms with Crippen LogP contribution in [0.2, 0.25) is 0 Å². The Balaban J connectivity index is 0.000000399. The summed E-state index contributed by atoms with van der Waals surface area (Å²) in [6, 6.07) is 11.3. The Morgan fingerprint density at radius 1 is 0.585 bits per heavy atom. The fourth-order valence-electron chi connectivity index (χ4n) is 4.37. The summed E-state index contributed by atoms with van der Waals surface area (Å²) in [6.45, 7) is 7.51. The van der Waals surface area contributed by atoms with E-state index in [9.17, 15) is 37.5 Å². The predicted octanol–water partition coefficient (Wildman–Crippen LogP) is 5.39. The van der Waals surface area contributed by atoms with Crippen LogP contribution in [0.1, 0.15) is 119 Å². The minimum Gasteiger partial charge on any atom is -0.478 e. The second-order valence-electron chi connectivity index (χ2n) is 10.8. The highest BCUT2D eigenvalue weighted by atomic mass is 19.3. The van der Waals surface area contributed by atoms with Crippen LogP contribution in [0.25, 0.3) is 0 Å². The Bertz CT molecular complexity index is 1710. The molecule has 0 saturated heterocycles. The molecule has 0 aromatic heterocycles. The number of carboxylic acid groups (broad SMARTS) is 2. The lowest BCUT2D eigenvalue weighted by Gasteiger charge is -2.17. The maximum atomic E-state index is 12.7. The van der Waals surface area contributed by atoms with Crippen molar-refractivity contribution in [2.45, 2.75) is 53.8 Å². The lowest BCUT2D eigenvalue weighted by atomic mass is 10.0. The smallest absolute Gasteiger partial charge is 0.338 e. The van der Waals surface area contributed by atoms with Gasteiger partial charge in [-0.05, 0) is 92.9 Å². The number of aliphatic hydroxyl groups is 2. The van der Waals surface area contributed by atoms with Crippen molar-refractivity contribution >= 4 is 35.8 Å². The number of amides is 1. The molecule has 0 unspecified atom stereocenters. The fourth-order valence-corrected chi connectivity index (χ4v) is 4.37. The second kappa shape index (κ2) is 22.9. The topological polar surface area (TPSA) is 214 Å². The number of carboxylic acids is 2. The van der Waals surface area contributed by atoms with Gasteiger partial charge in [0.2, 0.25) is 0 Å². The van der Waals surface area contributed by atoms with Gasteiger partial charge in [-0.3, -0.25) is 4.79 Å². The number of esters is 3. The number of carbonyl (C=O) groups excluding carboxylic acids is 4. The number of hydrogen-bond acceptors (Lipinski definition) is 11. The summed E-state index contributed by atoms with van der Waals surface area (Å²) < 4.78 is 39.8. The molecular formula is C37H43F2NO13. The first-order chi connectivity index (χ1) is 25.1. The Morgan fingerprint density at radius 2 is 0.925 bits per heavy atom. The molecule has 0 aliphatic carbocycles. The fraction of sp³-hybridized carbons (Fsp3) is 0.351. The number of hydrogen-bond donors (Lipinski definition) is 4. The largest absolute Gasteiger partial charge is 0.478 e. The molecule has 16 heteroatoms. The summed E-state index contributed by atoms with van der Waals surface area (Å²) in [6.07, 6.45) is -2.09. The van der Waals surface area contributed by atoms with E-state index in [-0.39, 0.29) is 66.4 Å². The molecule has 3 aromatic carbocycles. The van der Waals surface area contributed by atoms with Crippen molar-refractivity contribution in [2.24, 2.45) is 0 Å². The zero-order valence-electron chi connectivity index (χ0n) is 29.9. The standard InChI is InChI=1S/C13H15F2NO3.C13H16O5.C11H12O5/c1-3-4-16(2)12(17)9-5-8(11(14)15)6-10(7-9)13(18)19;1-3-17-12(15)10-5-9(8-14)6-11(7-10)13(16)18-4-2;1-2-16-11(15)9-4-7(6-12)3-8(5-9)10(13)14/h5-7,11H,3-4H2,1-2H3,(H,18,19);5-7,14H,3-4,8H2,1-2H3;3-5,12H,2,6H2,1H3,(H,13,14). The Kier molecular flexibility index (Phi) is 19.6. The summed E-state index contributed by atoms with van der Waals surface area (Å²) in [5.41, 5.74) is 0.551. The molecule has 14 nitrogen and oxygen atoms in total. The van der Waals surface area contributed by atoms with Crippen LogP contribution < -0.4 is 0 Å². The molecule has 3 rings (SSSR count). The Hall–Kier alpha value is -5.74. The van der Waals surface area contributed by atoms with Gasteiger partial charge in [-0.1, -0.05) is 6.92 Å². The van der Waals surface area contributed by atoms with Gasteiger partial charge in [0.05, 0.1) is 60.9 Å². The average Bonchev–Trinajstić information content (AvgIpc) is 3.14. The molecule has 0 radical (unpaired) electrons. The van der Waals surface area contributed by atoms with E-state index in [1.165, 1.54) is 41.3 Å². The lowest BCUT2D eigenvalue weighted by Crippen LogP contribution is -2.27. The number of halogens is 2. The molecule has 0 atom stereocenters. The van der Waals surface area contributed by atoms with E-state index >= 15 is 0 Å². The SMILES string of the molecule is CCCN(C)C(=O)c1cc(C(=O)O)cc(C(F)F)c1.CCOC(=O)c1cc(CO)cc(C(=O)O)c1.CCOC(=O)c1cc(CO)cc(C(=O)OCC)c1. The predicted molar refractivity (Wildman–Crippen MR) is 185 cm³/mol. The van der Waals surface area contributed by atoms with Crippen molar-refractivity contribution in [1.29, 1.82) is 0 Å². The van der Waals surface area contributed by atoms with Gasteiger partial charge in [-0.25, -0.2) is 32.8 Å². The Labute approximate surface area is 304 Å². The van der Waals surface area contributed by atoms with Crippen molar-refractivity contribution < 1.29 is 72.2 Å². The summed E-state index contributed by atoms with van der Waals surface area (Å²) in [5.74, 6) is -4.61. The molecule has 0 bridgehead atoms. The van der Waals surface area contributed by atoms with Crippen LogP contribution in [0.5, 0.6) is 0 Å². The Morgan fingerprint density at radius 3 is 1.26 bits per heavy atom. The molecule has 0 aliphatic heterocycles. The number of aliphatic hydroxyl groups excluding tert-OH is 2. The number of aromatic carboxylic acids is 2. The molecule has 288 valence electrons. The van der Waals surface area contributed by atoms with E-state index in [4.69, 9.17) is 34.6 Å². The third-order valence-electron chi connectivity index (χ3n) is 6.74. The van der Waals surface area contributed by atoms with Gasteiger partial charge in [0.25, 0.3) is 12.3 Å². The number of nitrogens with zero attached hydrogens (tertiary/aromatic N) is 1. The molecule has 0 fully saturated rings. The van der Waals surface area contributed by atoms with E-state index in [0.717, 1.165) is 24.6 Å². The van der Waals surface area contributed by atoms with Crippen LogP contribution in [-0.4, -0.2) is 94.5 Å². The monoisotopic (exact) mass is 747 g/mol. The van der Waals surface area contributed by atoms with Crippen LogP contribution in [0.4, 0.5) is 8.78 Å². The zero-order chi connectivity index (χ0) is 40.2. The minimum absolute atomic E-state index is 0.0360. The highest BCUT2D eigenvalue weighted by molar-refractivity contribution is 5.98. The van der Waals surface area contributed by atoms with Crippen molar-refractivity contribution in [3.05, 3.63) is 105 Å². The number of benzene rings is 3. The highest BCUT2D eigenvalue weighted by Gasteiger charge is 2.19. The second-order valence-corrected chi connectivity index (χ2v) is 10.8. The molecular weight excluding hydrogens is 704 g/mol. The quantitative estimate of drug-likeness (QED) is 0.120. The number of ether oxygens (including phenoxy) is 3. The van der Waals surface area contributed by atoms with Crippen molar-refractivity contribution in [1.82, 2.24) is 4.90 Å². The number of alkyl halides is 2. The van der Waals surface area contributed by atoms with Gasteiger partial charge < -0.3 is 39.5 Å². The lowest BCUT2D eigenvalue weighted by molar-refractivity contribution is 0.0511. The number of carbonyl (C=O) groups is 6. The molecule has 0 saturated carbocycles. The number of rotatable bonds is 14. The van der Waals surface area contributed by atoms with Crippen molar-refractivity contribution in [2.75, 3.05) is 33.4 Å². The van der Waals surface area contributed by atoms with E-state index in [2.05, 4.69) is 0 Å². The summed E-state index contributed by atoms with van der Waals surface area (Å²) in [4.78, 5) is 69.6. The van der Waals surface area contributed by atoms with E-state index in [1.54, 1.807) is 27.8 Å². The van der Waals surface area contributed by atoms with Gasteiger partial charge in [-0.2, -0.15) is 0 Å². The van der Waals surface area contributed by atoms with Crippen LogP contribution in [-0.2, 0) is 27.4 Å². The summed E-state index contributed by atoms with van der Waals surface area (Å²) in [7, 11) is 1.54. The first-order valence-corrected chi connectivity index (χ1v) is 16.2.